The number of imidazole rings is 1. The van der Waals surface area contributed by atoms with Crippen molar-refractivity contribution in [1.29, 1.82) is 0 Å². The van der Waals surface area contributed by atoms with Gasteiger partial charge in [0, 0.05) is 24.5 Å². The standard InChI is InChI=1S/C22H20N4O2/c27-22(28)18-10-4-9-17(14-18)19-15-25-20(21-24-12-13-26(19)21)23-11-5-8-16-6-2-1-3-7-16/h1-4,6-7,9-10,12-15H,5,8,11H2,(H,23,25)(H,27,28). The number of anilines is 1. The van der Waals surface area contributed by atoms with Crippen molar-refractivity contribution in [2.75, 3.05) is 11.9 Å². The average Bonchev–Trinajstić information content (AvgIpc) is 3.22. The van der Waals surface area contributed by atoms with Crippen LogP contribution in [0.15, 0.2) is 73.2 Å². The molecule has 0 unspecified atom stereocenters. The lowest BCUT2D eigenvalue weighted by Crippen LogP contribution is -2.07. The lowest BCUT2D eigenvalue weighted by molar-refractivity contribution is 0.0697. The highest BCUT2D eigenvalue weighted by atomic mass is 16.4. The number of hydrogen-bond acceptors (Lipinski definition) is 4. The van der Waals surface area contributed by atoms with Crippen LogP contribution in [0.1, 0.15) is 22.3 Å². The Labute approximate surface area is 162 Å². The van der Waals surface area contributed by atoms with Crippen LogP contribution in [0, 0.1) is 0 Å². The summed E-state index contributed by atoms with van der Waals surface area (Å²) in [4.78, 5) is 20.2. The number of nitrogens with one attached hydrogen (secondary N) is 1. The fourth-order valence-corrected chi connectivity index (χ4v) is 3.21. The van der Waals surface area contributed by atoms with Gasteiger partial charge in [0.15, 0.2) is 11.5 Å². The molecule has 28 heavy (non-hydrogen) atoms. The lowest BCUT2D eigenvalue weighted by atomic mass is 10.1. The van der Waals surface area contributed by atoms with Crippen molar-refractivity contribution in [3.63, 3.8) is 0 Å². The highest BCUT2D eigenvalue weighted by molar-refractivity contribution is 5.89. The van der Waals surface area contributed by atoms with E-state index in [1.165, 1.54) is 5.56 Å². The first-order valence-electron chi connectivity index (χ1n) is 9.16. The highest BCUT2D eigenvalue weighted by Crippen LogP contribution is 2.24. The number of carbonyl (C=O) groups is 1. The van der Waals surface area contributed by atoms with Crippen LogP contribution in [0.25, 0.3) is 16.9 Å². The fourth-order valence-electron chi connectivity index (χ4n) is 3.21. The van der Waals surface area contributed by atoms with Crippen molar-refractivity contribution >= 4 is 17.4 Å². The first-order valence-corrected chi connectivity index (χ1v) is 9.16. The summed E-state index contributed by atoms with van der Waals surface area (Å²) in [5, 5.41) is 12.6. The van der Waals surface area contributed by atoms with Gasteiger partial charge in [-0.3, -0.25) is 4.40 Å². The van der Waals surface area contributed by atoms with Gasteiger partial charge in [-0.15, -0.1) is 0 Å². The van der Waals surface area contributed by atoms with Gasteiger partial charge >= 0.3 is 5.97 Å². The van der Waals surface area contributed by atoms with E-state index in [-0.39, 0.29) is 5.56 Å². The van der Waals surface area contributed by atoms with Gasteiger partial charge in [-0.25, -0.2) is 14.8 Å². The molecule has 0 bridgehead atoms. The van der Waals surface area contributed by atoms with E-state index in [9.17, 15) is 9.90 Å². The molecule has 6 nitrogen and oxygen atoms in total. The SMILES string of the molecule is O=C(O)c1cccc(-c2cnc(NCCCc3ccccc3)c3nccn23)c1. The molecule has 6 heteroatoms. The minimum atomic E-state index is -0.951. The van der Waals surface area contributed by atoms with E-state index in [0.717, 1.165) is 42.1 Å². The number of aromatic carboxylic acids is 1. The molecule has 2 aromatic carbocycles. The van der Waals surface area contributed by atoms with Crippen LogP contribution >= 0.6 is 0 Å². The lowest BCUT2D eigenvalue weighted by Gasteiger charge is -2.11. The van der Waals surface area contributed by atoms with E-state index in [1.54, 1.807) is 30.6 Å². The molecule has 2 heterocycles. The molecule has 4 rings (SSSR count). The Bertz CT molecular complexity index is 1110. The molecule has 0 radical (unpaired) electrons. The number of carboxylic acids is 1. The maximum atomic E-state index is 11.3. The van der Waals surface area contributed by atoms with Crippen LogP contribution in [-0.4, -0.2) is 32.0 Å². The smallest absolute Gasteiger partial charge is 0.335 e. The molecule has 0 saturated heterocycles. The van der Waals surface area contributed by atoms with Crippen LogP contribution in [0.2, 0.25) is 0 Å². The van der Waals surface area contributed by atoms with Crippen LogP contribution in [-0.2, 0) is 6.42 Å². The Morgan fingerprint density at radius 2 is 1.93 bits per heavy atom. The van der Waals surface area contributed by atoms with Crippen molar-refractivity contribution in [1.82, 2.24) is 14.4 Å². The van der Waals surface area contributed by atoms with Crippen molar-refractivity contribution in [3.8, 4) is 11.3 Å². The zero-order valence-electron chi connectivity index (χ0n) is 15.2. The molecule has 2 N–H and O–H groups in total. The molecule has 0 saturated carbocycles. The van der Waals surface area contributed by atoms with Gasteiger partial charge in [0.05, 0.1) is 17.5 Å². The largest absolute Gasteiger partial charge is 0.478 e. The number of benzene rings is 2. The van der Waals surface area contributed by atoms with Crippen molar-refractivity contribution in [3.05, 3.63) is 84.3 Å². The molecule has 0 amide bonds. The summed E-state index contributed by atoms with van der Waals surface area (Å²) in [6.45, 7) is 0.790. The number of rotatable bonds is 7. The number of carboxylic acid groups (broad SMARTS) is 1. The first-order chi connectivity index (χ1) is 13.7. The predicted molar refractivity (Wildman–Crippen MR) is 109 cm³/mol. The van der Waals surface area contributed by atoms with Crippen LogP contribution < -0.4 is 5.32 Å². The van der Waals surface area contributed by atoms with E-state index < -0.39 is 5.97 Å². The van der Waals surface area contributed by atoms with Crippen molar-refractivity contribution in [2.45, 2.75) is 12.8 Å². The van der Waals surface area contributed by atoms with Gasteiger partial charge in [-0.1, -0.05) is 42.5 Å². The number of aryl methyl sites for hydroxylation is 1. The third-order valence-corrected chi connectivity index (χ3v) is 4.61. The molecular formula is C22H20N4O2. The Morgan fingerprint density at radius 3 is 2.75 bits per heavy atom. The van der Waals surface area contributed by atoms with E-state index in [4.69, 9.17) is 0 Å². The molecule has 4 aromatic rings. The fraction of sp³-hybridized carbons (Fsp3) is 0.136. The van der Waals surface area contributed by atoms with E-state index in [0.29, 0.717) is 0 Å². The number of nitrogens with zero attached hydrogens (tertiary/aromatic N) is 3. The molecule has 0 atom stereocenters. The van der Waals surface area contributed by atoms with Gasteiger partial charge in [-0.05, 0) is 30.5 Å². The maximum absolute atomic E-state index is 11.3. The zero-order valence-corrected chi connectivity index (χ0v) is 15.2. The summed E-state index contributed by atoms with van der Waals surface area (Å²) in [6.07, 6.45) is 7.31. The molecular weight excluding hydrogens is 352 g/mol. The molecule has 2 aromatic heterocycles. The second-order valence-electron chi connectivity index (χ2n) is 6.51. The first kappa shape index (κ1) is 17.7. The third kappa shape index (κ3) is 3.71. The Kier molecular flexibility index (Phi) is 5.01. The molecule has 0 aliphatic heterocycles. The minimum Gasteiger partial charge on any atom is -0.478 e. The monoisotopic (exact) mass is 372 g/mol. The molecule has 0 spiro atoms. The van der Waals surface area contributed by atoms with Crippen LogP contribution in [0.5, 0.6) is 0 Å². The van der Waals surface area contributed by atoms with Crippen molar-refractivity contribution in [2.24, 2.45) is 0 Å². The topological polar surface area (TPSA) is 79.5 Å². The Morgan fingerprint density at radius 1 is 1.07 bits per heavy atom. The van der Waals surface area contributed by atoms with Crippen LogP contribution in [0.4, 0.5) is 5.82 Å². The summed E-state index contributed by atoms with van der Waals surface area (Å²) in [5.41, 5.74) is 3.86. The van der Waals surface area contributed by atoms with Crippen molar-refractivity contribution < 1.29 is 9.90 Å². The van der Waals surface area contributed by atoms with Gasteiger partial charge in [0.1, 0.15) is 0 Å². The maximum Gasteiger partial charge on any atom is 0.335 e. The van der Waals surface area contributed by atoms with Gasteiger partial charge in [-0.2, -0.15) is 0 Å². The summed E-state index contributed by atoms with van der Waals surface area (Å²) >= 11 is 0. The minimum absolute atomic E-state index is 0.244. The average molecular weight is 372 g/mol. The summed E-state index contributed by atoms with van der Waals surface area (Å²) in [6, 6.07) is 17.2. The number of aromatic nitrogens is 3. The summed E-state index contributed by atoms with van der Waals surface area (Å²) < 4.78 is 1.92. The zero-order chi connectivity index (χ0) is 19.3. The molecule has 0 aliphatic carbocycles. The predicted octanol–water partition coefficient (Wildman–Crippen LogP) is 4.14. The second kappa shape index (κ2) is 7.92. The van der Waals surface area contributed by atoms with E-state index in [1.807, 2.05) is 22.7 Å². The Hall–Kier alpha value is -3.67. The van der Waals surface area contributed by atoms with E-state index >= 15 is 0 Å². The second-order valence-corrected chi connectivity index (χ2v) is 6.51. The summed E-state index contributed by atoms with van der Waals surface area (Å²) in [7, 11) is 0. The molecule has 0 fully saturated rings. The van der Waals surface area contributed by atoms with Gasteiger partial charge in [0.25, 0.3) is 0 Å². The quantitative estimate of drug-likeness (QED) is 0.477. The number of hydrogen-bond donors (Lipinski definition) is 2. The van der Waals surface area contributed by atoms with Gasteiger partial charge in [0.2, 0.25) is 0 Å². The normalized spacial score (nSPS) is 10.9. The molecule has 0 aliphatic rings. The highest BCUT2D eigenvalue weighted by Gasteiger charge is 2.11. The van der Waals surface area contributed by atoms with Crippen LogP contribution in [0.3, 0.4) is 0 Å². The molecule has 140 valence electrons. The van der Waals surface area contributed by atoms with E-state index in [2.05, 4.69) is 39.6 Å². The van der Waals surface area contributed by atoms with Gasteiger partial charge < -0.3 is 10.4 Å². The summed E-state index contributed by atoms with van der Waals surface area (Å²) in [5.74, 6) is -0.232. The third-order valence-electron chi connectivity index (χ3n) is 4.61. The number of fused-ring (bicyclic) bond motifs is 1. The Balaban J connectivity index is 1.53.